The van der Waals surface area contributed by atoms with E-state index < -0.39 is 6.29 Å². The average Bonchev–Trinajstić information content (AvgIpc) is 2.18. The highest BCUT2D eigenvalue weighted by Gasteiger charge is 2.14. The van der Waals surface area contributed by atoms with Gasteiger partial charge in [0.1, 0.15) is 0 Å². The number of hydrogen-bond acceptors (Lipinski definition) is 3. The lowest BCUT2D eigenvalue weighted by Gasteiger charge is -2.09. The van der Waals surface area contributed by atoms with E-state index in [0.717, 1.165) is 11.1 Å². The van der Waals surface area contributed by atoms with E-state index in [0.29, 0.717) is 6.61 Å². The summed E-state index contributed by atoms with van der Waals surface area (Å²) in [6, 6.07) is 7.65. The summed E-state index contributed by atoms with van der Waals surface area (Å²) in [5.74, 6) is -0.303. The van der Waals surface area contributed by atoms with Crippen LogP contribution in [0.25, 0.3) is 0 Å². The summed E-state index contributed by atoms with van der Waals surface area (Å²) in [5, 5.41) is 9.28. The Bertz CT molecular complexity index is 333. The van der Waals surface area contributed by atoms with Gasteiger partial charge in [-0.15, -0.1) is 0 Å². The molecule has 1 aromatic rings. The van der Waals surface area contributed by atoms with Gasteiger partial charge in [-0.25, -0.2) is 0 Å². The number of aliphatic hydroxyl groups is 1. The van der Waals surface area contributed by atoms with Crippen LogP contribution < -0.4 is 0 Å². The molecule has 0 heterocycles. The molecular weight excluding hydrogens is 192 g/mol. The number of ether oxygens (including phenoxy) is 1. The Kier molecular flexibility index (Phi) is 4.46. The van der Waals surface area contributed by atoms with Gasteiger partial charge < -0.3 is 9.84 Å². The summed E-state index contributed by atoms with van der Waals surface area (Å²) in [4.78, 5) is 11.4. The molecule has 0 saturated carbocycles. The van der Waals surface area contributed by atoms with Gasteiger partial charge in [0.05, 0.1) is 0 Å². The normalized spacial score (nSPS) is 12.5. The predicted molar refractivity (Wildman–Crippen MR) is 57.5 cm³/mol. The number of carbonyl (C=O) groups is 1. The van der Waals surface area contributed by atoms with Gasteiger partial charge in [-0.05, 0) is 19.4 Å². The first-order chi connectivity index (χ1) is 7.13. The van der Waals surface area contributed by atoms with Gasteiger partial charge in [-0.2, -0.15) is 0 Å². The maximum Gasteiger partial charge on any atom is 0.215 e. The lowest BCUT2D eigenvalue weighted by atomic mass is 10.1. The summed E-state index contributed by atoms with van der Waals surface area (Å²) in [6.45, 7) is 4.04. The quantitative estimate of drug-likeness (QED) is 0.745. The average molecular weight is 208 g/mol. The Hall–Kier alpha value is -1.19. The van der Waals surface area contributed by atoms with Gasteiger partial charge in [0.2, 0.25) is 6.29 Å². The molecule has 1 atom stereocenters. The molecule has 1 rings (SSSR count). The van der Waals surface area contributed by atoms with Gasteiger partial charge >= 0.3 is 0 Å². The molecule has 0 fully saturated rings. The van der Waals surface area contributed by atoms with Crippen LogP contribution in [-0.2, 0) is 16.0 Å². The Morgan fingerprint density at radius 1 is 1.53 bits per heavy atom. The van der Waals surface area contributed by atoms with Crippen molar-refractivity contribution in [1.82, 2.24) is 0 Å². The number of carbonyl (C=O) groups excluding carboxylic acids is 1. The fourth-order valence-corrected chi connectivity index (χ4v) is 1.36. The third-order valence-electron chi connectivity index (χ3n) is 2.06. The number of Topliss-reactive ketones (excluding diaryl/α,β-unsaturated/α-hetero) is 1. The van der Waals surface area contributed by atoms with Crippen LogP contribution in [0.15, 0.2) is 24.3 Å². The Morgan fingerprint density at radius 3 is 2.87 bits per heavy atom. The molecule has 0 spiro atoms. The molecule has 0 radical (unpaired) electrons. The zero-order valence-electron chi connectivity index (χ0n) is 9.06. The summed E-state index contributed by atoms with van der Waals surface area (Å²) in [7, 11) is 0. The Balaban J connectivity index is 2.58. The zero-order valence-corrected chi connectivity index (χ0v) is 9.06. The second kappa shape index (κ2) is 5.63. The predicted octanol–water partition coefficient (Wildman–Crippen LogP) is 1.46. The smallest absolute Gasteiger partial charge is 0.215 e. The molecule has 0 aliphatic carbocycles. The van der Waals surface area contributed by atoms with E-state index in [-0.39, 0.29) is 12.2 Å². The standard InChI is InChI=1S/C12H16O3/c1-3-15-12(14)11(13)8-10-6-4-5-9(2)7-10/h4-7,12,14H,3,8H2,1-2H3. The molecule has 0 amide bonds. The third kappa shape index (κ3) is 3.81. The SMILES string of the molecule is CCOC(O)C(=O)Cc1cccc(C)c1. The van der Waals surface area contributed by atoms with Crippen LogP contribution in [0.3, 0.4) is 0 Å². The molecule has 1 aromatic carbocycles. The van der Waals surface area contributed by atoms with Crippen molar-refractivity contribution in [3.63, 3.8) is 0 Å². The van der Waals surface area contributed by atoms with Gasteiger partial charge in [0.15, 0.2) is 5.78 Å². The summed E-state index contributed by atoms with van der Waals surface area (Å²) >= 11 is 0. The van der Waals surface area contributed by atoms with Gasteiger partial charge in [0, 0.05) is 13.0 Å². The van der Waals surface area contributed by atoms with E-state index >= 15 is 0 Å². The van der Waals surface area contributed by atoms with Crippen molar-refractivity contribution < 1.29 is 14.6 Å². The monoisotopic (exact) mass is 208 g/mol. The van der Waals surface area contributed by atoms with Crippen molar-refractivity contribution in [3.8, 4) is 0 Å². The minimum atomic E-state index is -1.30. The molecule has 3 nitrogen and oxygen atoms in total. The minimum Gasteiger partial charge on any atom is -0.362 e. The fraction of sp³-hybridized carbons (Fsp3) is 0.417. The van der Waals surface area contributed by atoms with E-state index in [4.69, 9.17) is 4.74 Å². The zero-order chi connectivity index (χ0) is 11.3. The molecule has 3 heteroatoms. The Morgan fingerprint density at radius 2 is 2.27 bits per heavy atom. The highest BCUT2D eigenvalue weighted by Crippen LogP contribution is 2.06. The number of benzene rings is 1. The van der Waals surface area contributed by atoms with Crippen LogP contribution in [0.2, 0.25) is 0 Å². The molecule has 0 aromatic heterocycles. The largest absolute Gasteiger partial charge is 0.362 e. The lowest BCUT2D eigenvalue weighted by molar-refractivity contribution is -0.154. The van der Waals surface area contributed by atoms with Gasteiger partial charge in [-0.3, -0.25) is 4.79 Å². The molecule has 82 valence electrons. The van der Waals surface area contributed by atoms with Crippen LogP contribution >= 0.6 is 0 Å². The highest BCUT2D eigenvalue weighted by atomic mass is 16.6. The molecule has 1 unspecified atom stereocenters. The Labute approximate surface area is 89.7 Å². The first-order valence-corrected chi connectivity index (χ1v) is 5.01. The van der Waals surface area contributed by atoms with E-state index in [1.165, 1.54) is 0 Å². The van der Waals surface area contributed by atoms with Crippen molar-refractivity contribution in [1.29, 1.82) is 0 Å². The van der Waals surface area contributed by atoms with Crippen molar-refractivity contribution in [2.45, 2.75) is 26.6 Å². The summed E-state index contributed by atoms with van der Waals surface area (Å²) in [6.07, 6.45) is -1.08. The number of aryl methyl sites for hydroxylation is 1. The third-order valence-corrected chi connectivity index (χ3v) is 2.06. The lowest BCUT2D eigenvalue weighted by Crippen LogP contribution is -2.25. The molecule has 0 aliphatic rings. The van der Waals surface area contributed by atoms with Crippen molar-refractivity contribution in [2.24, 2.45) is 0 Å². The number of aliphatic hydroxyl groups excluding tert-OH is 1. The number of hydrogen-bond donors (Lipinski definition) is 1. The van der Waals surface area contributed by atoms with Crippen LogP contribution in [0, 0.1) is 6.92 Å². The summed E-state index contributed by atoms with van der Waals surface area (Å²) < 4.78 is 4.81. The fourth-order valence-electron chi connectivity index (χ4n) is 1.36. The van der Waals surface area contributed by atoms with E-state index in [1.54, 1.807) is 6.92 Å². The molecule has 15 heavy (non-hydrogen) atoms. The van der Waals surface area contributed by atoms with Crippen molar-refractivity contribution in [3.05, 3.63) is 35.4 Å². The topological polar surface area (TPSA) is 46.5 Å². The van der Waals surface area contributed by atoms with Crippen molar-refractivity contribution in [2.75, 3.05) is 6.61 Å². The van der Waals surface area contributed by atoms with Crippen LogP contribution in [0.5, 0.6) is 0 Å². The molecular formula is C12H16O3. The molecule has 0 bridgehead atoms. The maximum absolute atomic E-state index is 11.4. The second-order valence-electron chi connectivity index (χ2n) is 3.44. The molecule has 0 aliphatic heterocycles. The van der Waals surface area contributed by atoms with Crippen LogP contribution in [0.1, 0.15) is 18.1 Å². The highest BCUT2D eigenvalue weighted by molar-refractivity contribution is 5.83. The molecule has 0 saturated heterocycles. The summed E-state index contributed by atoms with van der Waals surface area (Å²) in [5.41, 5.74) is 2.00. The second-order valence-corrected chi connectivity index (χ2v) is 3.44. The minimum absolute atomic E-state index is 0.211. The first kappa shape index (κ1) is 11.9. The van der Waals surface area contributed by atoms with Crippen molar-refractivity contribution >= 4 is 5.78 Å². The maximum atomic E-state index is 11.4. The molecule has 1 N–H and O–H groups in total. The number of rotatable bonds is 5. The van der Waals surface area contributed by atoms with E-state index in [1.807, 2.05) is 31.2 Å². The first-order valence-electron chi connectivity index (χ1n) is 5.01. The van der Waals surface area contributed by atoms with Gasteiger partial charge in [-0.1, -0.05) is 29.8 Å². The number of ketones is 1. The van der Waals surface area contributed by atoms with Crippen LogP contribution in [0.4, 0.5) is 0 Å². The van der Waals surface area contributed by atoms with E-state index in [2.05, 4.69) is 0 Å². The van der Waals surface area contributed by atoms with Gasteiger partial charge in [0.25, 0.3) is 0 Å². The van der Waals surface area contributed by atoms with Crippen LogP contribution in [-0.4, -0.2) is 23.8 Å². The van der Waals surface area contributed by atoms with E-state index in [9.17, 15) is 9.90 Å².